The number of rotatable bonds is 3. The van der Waals surface area contributed by atoms with E-state index >= 15 is 0 Å². The number of esters is 1. The van der Waals surface area contributed by atoms with Crippen LogP contribution in [0.3, 0.4) is 0 Å². The van der Waals surface area contributed by atoms with Crippen LogP contribution in [0.5, 0.6) is 0 Å². The number of hydrogen-bond acceptors (Lipinski definition) is 8. The Kier molecular flexibility index (Phi) is 8.63. The minimum Gasteiger partial charge on any atom is -0.458 e. The van der Waals surface area contributed by atoms with Gasteiger partial charge in [0.05, 0.1) is 46.5 Å². The zero-order valence-electron chi connectivity index (χ0n) is 22.9. The fourth-order valence-electron chi connectivity index (χ4n) is 6.26. The van der Waals surface area contributed by atoms with E-state index in [-0.39, 0.29) is 29.8 Å². The Bertz CT molecular complexity index is 1020. The average molecular weight is 534 g/mol. The lowest BCUT2D eigenvalue weighted by atomic mass is 9.58. The quantitative estimate of drug-likeness (QED) is 0.415. The predicted molar refractivity (Wildman–Crippen MR) is 143 cm³/mol. The van der Waals surface area contributed by atoms with Gasteiger partial charge in [-0.2, -0.15) is 0 Å². The highest BCUT2D eigenvalue weighted by molar-refractivity contribution is 7.09. The molecule has 1 aromatic rings. The highest BCUT2D eigenvalue weighted by Gasteiger charge is 2.55. The number of hydrogen-bond donors (Lipinski definition) is 2. The van der Waals surface area contributed by atoms with Crippen molar-refractivity contribution in [1.29, 1.82) is 0 Å². The number of fused-ring (bicyclic) bond motifs is 1. The molecule has 7 unspecified atom stereocenters. The molecule has 3 heterocycles. The van der Waals surface area contributed by atoms with Gasteiger partial charge in [-0.3, -0.25) is 9.59 Å². The van der Waals surface area contributed by atoms with Crippen LogP contribution in [-0.2, 0) is 19.1 Å². The molecule has 7 nitrogen and oxygen atoms in total. The molecule has 3 fully saturated rings. The third kappa shape index (κ3) is 6.02. The number of thiazole rings is 1. The second-order valence-electron chi connectivity index (χ2n) is 11.8. The lowest BCUT2D eigenvalue weighted by molar-refractivity contribution is -0.162. The number of ketones is 1. The molecule has 3 aliphatic rings. The summed E-state index contributed by atoms with van der Waals surface area (Å²) in [5.74, 6) is -1.21. The van der Waals surface area contributed by atoms with Gasteiger partial charge in [-0.15, -0.1) is 11.3 Å². The van der Waals surface area contributed by atoms with Crippen molar-refractivity contribution in [3.63, 3.8) is 0 Å². The molecule has 1 aliphatic carbocycles. The van der Waals surface area contributed by atoms with Gasteiger partial charge >= 0.3 is 5.97 Å². The maximum absolute atomic E-state index is 13.7. The van der Waals surface area contributed by atoms with Crippen LogP contribution in [0, 0.1) is 24.2 Å². The number of ether oxygens (including phenoxy) is 2. The fourth-order valence-corrected chi connectivity index (χ4v) is 6.83. The van der Waals surface area contributed by atoms with Gasteiger partial charge in [0.1, 0.15) is 11.9 Å². The summed E-state index contributed by atoms with van der Waals surface area (Å²) in [7, 11) is 0. The summed E-state index contributed by atoms with van der Waals surface area (Å²) < 4.78 is 12.1. The molecule has 37 heavy (non-hydrogen) atoms. The third-order valence-electron chi connectivity index (χ3n) is 9.10. The molecule has 1 aromatic heterocycles. The minimum atomic E-state index is -1.13. The lowest BCUT2D eigenvalue weighted by Crippen LogP contribution is -2.53. The van der Waals surface area contributed by atoms with Crippen molar-refractivity contribution < 1.29 is 29.3 Å². The lowest BCUT2D eigenvalue weighted by Gasteiger charge is -2.46. The van der Waals surface area contributed by atoms with Crippen molar-refractivity contribution in [2.45, 2.75) is 122 Å². The monoisotopic (exact) mass is 533 g/mol. The summed E-state index contributed by atoms with van der Waals surface area (Å²) in [4.78, 5) is 31.4. The summed E-state index contributed by atoms with van der Waals surface area (Å²) in [6.45, 7) is 9.90. The first kappa shape index (κ1) is 28.4. The Balaban J connectivity index is 1.59. The van der Waals surface area contributed by atoms with E-state index in [1.807, 2.05) is 39.2 Å². The van der Waals surface area contributed by atoms with Gasteiger partial charge in [-0.05, 0) is 70.4 Å². The van der Waals surface area contributed by atoms with Crippen LogP contribution < -0.4 is 0 Å². The Morgan fingerprint density at radius 3 is 2.57 bits per heavy atom. The number of aryl methyl sites for hydroxylation is 1. The largest absolute Gasteiger partial charge is 0.458 e. The van der Waals surface area contributed by atoms with Gasteiger partial charge in [-0.1, -0.05) is 26.7 Å². The van der Waals surface area contributed by atoms with Crippen molar-refractivity contribution in [3.05, 3.63) is 21.7 Å². The molecular formula is C29H43NO6S. The first-order valence-electron chi connectivity index (χ1n) is 13.9. The highest BCUT2D eigenvalue weighted by atomic mass is 32.1. The Morgan fingerprint density at radius 1 is 1.24 bits per heavy atom. The number of aromatic nitrogens is 1. The minimum absolute atomic E-state index is 0.0354. The molecule has 1 spiro atoms. The number of epoxide rings is 1. The van der Waals surface area contributed by atoms with Crippen LogP contribution in [0.2, 0.25) is 0 Å². The molecule has 4 rings (SSSR count). The molecule has 206 valence electrons. The molecule has 0 aromatic carbocycles. The Labute approximate surface area is 224 Å². The zero-order valence-corrected chi connectivity index (χ0v) is 23.7. The van der Waals surface area contributed by atoms with E-state index in [0.717, 1.165) is 42.0 Å². The van der Waals surface area contributed by atoms with Gasteiger partial charge in [0.25, 0.3) is 0 Å². The summed E-state index contributed by atoms with van der Waals surface area (Å²) >= 11 is 1.57. The van der Waals surface area contributed by atoms with Gasteiger partial charge in [-0.25, -0.2) is 4.98 Å². The number of carbonyl (C=O) groups is 2. The number of nitrogens with zero attached hydrogens (tertiary/aromatic N) is 1. The van der Waals surface area contributed by atoms with Gasteiger partial charge in [0, 0.05) is 17.7 Å². The second kappa shape index (κ2) is 11.2. The molecule has 8 heteroatoms. The topological polar surface area (TPSA) is 109 Å². The van der Waals surface area contributed by atoms with Gasteiger partial charge in [0.15, 0.2) is 0 Å². The molecule has 1 saturated carbocycles. The third-order valence-corrected chi connectivity index (χ3v) is 9.89. The molecule has 2 aliphatic heterocycles. The van der Waals surface area contributed by atoms with Crippen LogP contribution in [0.15, 0.2) is 11.0 Å². The number of aliphatic hydroxyl groups excluding tert-OH is 2. The van der Waals surface area contributed by atoms with Crippen LogP contribution in [0.25, 0.3) is 6.08 Å². The van der Waals surface area contributed by atoms with Crippen LogP contribution in [0.4, 0.5) is 0 Å². The van der Waals surface area contributed by atoms with E-state index in [1.54, 1.807) is 11.3 Å². The van der Waals surface area contributed by atoms with E-state index in [0.29, 0.717) is 25.7 Å². The summed E-state index contributed by atoms with van der Waals surface area (Å²) in [6.07, 6.45) is 4.74. The van der Waals surface area contributed by atoms with Crippen molar-refractivity contribution in [3.8, 4) is 0 Å². The standard InChI is InChI=1S/C29H43NO6S/c1-6-21-26(33)17(2)9-7-10-28(5)24(36-28)14-22(18(3)13-20-16-37-19(4)30-20)35-25(32)15-23(31)29(27(21)34)11-8-12-29/h13,16-17,21-24,26,31,33H,6-12,14-15H2,1-5H3/b18-13+. The van der Waals surface area contributed by atoms with E-state index in [2.05, 4.69) is 11.9 Å². The smallest absolute Gasteiger partial charge is 0.309 e. The van der Waals surface area contributed by atoms with Gasteiger partial charge in [0.2, 0.25) is 0 Å². The molecule has 0 radical (unpaired) electrons. The average Bonchev–Trinajstić information content (AvgIpc) is 3.24. The van der Waals surface area contributed by atoms with Crippen molar-refractivity contribution >= 4 is 29.2 Å². The molecule has 2 N–H and O–H groups in total. The van der Waals surface area contributed by atoms with E-state index in [9.17, 15) is 19.8 Å². The van der Waals surface area contributed by atoms with Crippen LogP contribution in [-0.4, -0.2) is 57.0 Å². The van der Waals surface area contributed by atoms with Gasteiger partial charge < -0.3 is 19.7 Å². The molecule has 0 amide bonds. The number of Topliss-reactive ketones (excluding diaryl/α,β-unsaturated/α-hetero) is 1. The van der Waals surface area contributed by atoms with E-state index < -0.39 is 35.6 Å². The van der Waals surface area contributed by atoms with E-state index in [1.165, 1.54) is 0 Å². The molecule has 2 saturated heterocycles. The fraction of sp³-hybridized carbons (Fsp3) is 0.759. The zero-order chi connectivity index (χ0) is 27.0. The SMILES string of the molecule is CCC1C(=O)C2(CCC2)C(O)CC(=O)OC(/C(C)=C/c2csc(C)n2)CC2OC2(C)CCCC(C)C1O. The Hall–Kier alpha value is -1.61. The Morgan fingerprint density at radius 2 is 1.97 bits per heavy atom. The maximum atomic E-state index is 13.7. The van der Waals surface area contributed by atoms with E-state index in [4.69, 9.17) is 9.47 Å². The molecular weight excluding hydrogens is 490 g/mol. The first-order valence-corrected chi connectivity index (χ1v) is 14.7. The van der Waals surface area contributed by atoms with Crippen molar-refractivity contribution in [2.75, 3.05) is 0 Å². The van der Waals surface area contributed by atoms with Crippen LogP contribution in [0.1, 0.15) is 96.2 Å². The number of cyclic esters (lactones) is 1. The number of aliphatic hydroxyl groups is 2. The maximum Gasteiger partial charge on any atom is 0.309 e. The van der Waals surface area contributed by atoms with Crippen LogP contribution >= 0.6 is 11.3 Å². The predicted octanol–water partition coefficient (Wildman–Crippen LogP) is 5.01. The summed E-state index contributed by atoms with van der Waals surface area (Å²) in [5, 5.41) is 25.3. The second-order valence-corrected chi connectivity index (χ2v) is 12.8. The highest BCUT2D eigenvalue weighted by Crippen LogP contribution is 2.49. The normalized spacial score (nSPS) is 37.5. The van der Waals surface area contributed by atoms with Crippen molar-refractivity contribution in [1.82, 2.24) is 4.98 Å². The molecule has 0 bridgehead atoms. The van der Waals surface area contributed by atoms with Crippen molar-refractivity contribution in [2.24, 2.45) is 17.3 Å². The summed E-state index contributed by atoms with van der Waals surface area (Å²) in [5.41, 5.74) is 0.442. The number of carbonyl (C=O) groups excluding carboxylic acids is 2. The summed E-state index contributed by atoms with van der Waals surface area (Å²) in [6, 6.07) is 0. The first-order chi connectivity index (χ1) is 17.5. The molecule has 7 atom stereocenters.